The van der Waals surface area contributed by atoms with Crippen LogP contribution in [0.5, 0.6) is 23.0 Å². The van der Waals surface area contributed by atoms with Gasteiger partial charge in [-0.1, -0.05) is 12.2 Å². The highest BCUT2D eigenvalue weighted by Crippen LogP contribution is 2.34. The second-order valence-electron chi connectivity index (χ2n) is 4.71. The fourth-order valence-corrected chi connectivity index (χ4v) is 2.62. The molecular formula is C18H19BrO4. The Kier molecular flexibility index (Phi) is 5.93. The van der Waals surface area contributed by atoms with Gasteiger partial charge in [-0.25, -0.2) is 0 Å². The number of rotatable bonds is 6. The van der Waals surface area contributed by atoms with Gasteiger partial charge in [0.05, 0.1) is 32.9 Å². The van der Waals surface area contributed by atoms with E-state index in [4.69, 9.17) is 18.9 Å². The fraction of sp³-hybridized carbons (Fsp3) is 0.222. The van der Waals surface area contributed by atoms with E-state index in [0.717, 1.165) is 32.8 Å². The Morgan fingerprint density at radius 3 is 1.78 bits per heavy atom. The van der Waals surface area contributed by atoms with E-state index in [1.807, 2.05) is 42.5 Å². The molecule has 0 unspecified atom stereocenters. The summed E-state index contributed by atoms with van der Waals surface area (Å²) in [5.74, 6) is 2.93. The van der Waals surface area contributed by atoms with Crippen LogP contribution in [0.3, 0.4) is 0 Å². The molecule has 0 heterocycles. The van der Waals surface area contributed by atoms with Crippen molar-refractivity contribution in [2.24, 2.45) is 0 Å². The van der Waals surface area contributed by atoms with Gasteiger partial charge in [0.15, 0.2) is 0 Å². The predicted molar refractivity (Wildman–Crippen MR) is 95.7 cm³/mol. The molecule has 0 atom stereocenters. The minimum absolute atomic E-state index is 0.715. The van der Waals surface area contributed by atoms with Crippen LogP contribution in [0.15, 0.2) is 34.8 Å². The average Bonchev–Trinajstić information content (AvgIpc) is 2.60. The van der Waals surface area contributed by atoms with E-state index < -0.39 is 0 Å². The molecule has 0 amide bonds. The first-order valence-electron chi connectivity index (χ1n) is 6.94. The molecule has 2 aromatic carbocycles. The zero-order valence-corrected chi connectivity index (χ0v) is 15.1. The molecule has 0 aliphatic carbocycles. The van der Waals surface area contributed by atoms with Gasteiger partial charge in [-0.05, 0) is 45.3 Å². The molecule has 0 radical (unpaired) electrons. The third-order valence-electron chi connectivity index (χ3n) is 3.33. The maximum absolute atomic E-state index is 5.35. The highest BCUT2D eigenvalue weighted by atomic mass is 79.9. The van der Waals surface area contributed by atoms with Gasteiger partial charge in [0.25, 0.3) is 0 Å². The van der Waals surface area contributed by atoms with Gasteiger partial charge in [-0.15, -0.1) is 0 Å². The molecule has 2 rings (SSSR count). The Balaban J connectivity index is 2.40. The Morgan fingerprint density at radius 1 is 0.696 bits per heavy atom. The van der Waals surface area contributed by atoms with Crippen molar-refractivity contribution in [3.8, 4) is 23.0 Å². The first-order valence-corrected chi connectivity index (χ1v) is 7.73. The van der Waals surface area contributed by atoms with Crippen LogP contribution in [0.2, 0.25) is 0 Å². The Hall–Kier alpha value is -2.14. The zero-order chi connectivity index (χ0) is 16.8. The molecule has 0 bridgehead atoms. The van der Waals surface area contributed by atoms with Crippen LogP contribution in [-0.2, 0) is 0 Å². The summed E-state index contributed by atoms with van der Waals surface area (Å²) in [7, 11) is 6.51. The lowest BCUT2D eigenvalue weighted by molar-refractivity contribution is 0.392. The van der Waals surface area contributed by atoms with E-state index in [0.29, 0.717) is 5.75 Å². The molecular weight excluding hydrogens is 360 g/mol. The van der Waals surface area contributed by atoms with Crippen LogP contribution in [0.4, 0.5) is 0 Å². The normalized spacial score (nSPS) is 10.7. The standard InChI is InChI=1S/C18H19BrO4/c1-20-14-7-12(8-15(10-14)21-2)5-6-13-9-16(22-3)11-17(23-4)18(13)19/h5-11H,1-4H3/b6-5+. The van der Waals surface area contributed by atoms with Gasteiger partial charge in [0, 0.05) is 12.1 Å². The van der Waals surface area contributed by atoms with Crippen molar-refractivity contribution in [3.63, 3.8) is 0 Å². The highest BCUT2D eigenvalue weighted by molar-refractivity contribution is 9.10. The maximum atomic E-state index is 5.35. The number of hydrogen-bond donors (Lipinski definition) is 0. The largest absolute Gasteiger partial charge is 0.497 e. The second kappa shape index (κ2) is 7.92. The molecule has 0 aromatic heterocycles. The van der Waals surface area contributed by atoms with Crippen LogP contribution in [0.25, 0.3) is 12.2 Å². The van der Waals surface area contributed by atoms with Crippen molar-refractivity contribution < 1.29 is 18.9 Å². The van der Waals surface area contributed by atoms with Crippen LogP contribution >= 0.6 is 15.9 Å². The molecule has 2 aromatic rings. The van der Waals surface area contributed by atoms with E-state index >= 15 is 0 Å². The van der Waals surface area contributed by atoms with Gasteiger partial charge in [0.2, 0.25) is 0 Å². The van der Waals surface area contributed by atoms with E-state index in [-0.39, 0.29) is 0 Å². The molecule has 0 aliphatic heterocycles. The molecule has 0 aliphatic rings. The van der Waals surface area contributed by atoms with Gasteiger partial charge >= 0.3 is 0 Å². The summed E-state index contributed by atoms with van der Waals surface area (Å²) in [5, 5.41) is 0. The lowest BCUT2D eigenvalue weighted by atomic mass is 10.1. The third-order valence-corrected chi connectivity index (χ3v) is 4.17. The fourth-order valence-electron chi connectivity index (χ4n) is 2.09. The minimum atomic E-state index is 0.715. The van der Waals surface area contributed by atoms with Crippen LogP contribution in [0.1, 0.15) is 11.1 Å². The van der Waals surface area contributed by atoms with Crippen molar-refractivity contribution in [2.75, 3.05) is 28.4 Å². The first kappa shape index (κ1) is 17.2. The summed E-state index contributed by atoms with van der Waals surface area (Å²) in [6.07, 6.45) is 3.95. The van der Waals surface area contributed by atoms with Crippen LogP contribution in [-0.4, -0.2) is 28.4 Å². The SMILES string of the molecule is COc1cc(/C=C/c2cc(OC)cc(OC)c2Br)cc(OC)c1. The summed E-state index contributed by atoms with van der Waals surface area (Å²) in [5.41, 5.74) is 1.91. The third kappa shape index (κ3) is 4.20. The van der Waals surface area contributed by atoms with Crippen molar-refractivity contribution in [1.82, 2.24) is 0 Å². The van der Waals surface area contributed by atoms with Crippen molar-refractivity contribution in [1.29, 1.82) is 0 Å². The molecule has 23 heavy (non-hydrogen) atoms. The van der Waals surface area contributed by atoms with Crippen molar-refractivity contribution in [2.45, 2.75) is 0 Å². The zero-order valence-electron chi connectivity index (χ0n) is 13.6. The van der Waals surface area contributed by atoms with E-state index in [2.05, 4.69) is 15.9 Å². The Bertz CT molecular complexity index is 688. The van der Waals surface area contributed by atoms with Crippen LogP contribution < -0.4 is 18.9 Å². The molecule has 0 saturated heterocycles. The monoisotopic (exact) mass is 378 g/mol. The summed E-state index contributed by atoms with van der Waals surface area (Å²) < 4.78 is 22.1. The summed E-state index contributed by atoms with van der Waals surface area (Å²) in [6.45, 7) is 0. The van der Waals surface area contributed by atoms with Gasteiger partial charge in [-0.2, -0.15) is 0 Å². The van der Waals surface area contributed by atoms with E-state index in [1.165, 1.54) is 0 Å². The van der Waals surface area contributed by atoms with Gasteiger partial charge in [0.1, 0.15) is 23.0 Å². The second-order valence-corrected chi connectivity index (χ2v) is 5.51. The number of hydrogen-bond acceptors (Lipinski definition) is 4. The molecule has 0 spiro atoms. The predicted octanol–water partition coefficient (Wildman–Crippen LogP) is 4.65. The van der Waals surface area contributed by atoms with Crippen molar-refractivity contribution in [3.05, 3.63) is 45.9 Å². The molecule has 4 nitrogen and oxygen atoms in total. The smallest absolute Gasteiger partial charge is 0.137 e. The molecule has 0 saturated carbocycles. The average molecular weight is 379 g/mol. The Morgan fingerprint density at radius 2 is 1.26 bits per heavy atom. The molecule has 122 valence electrons. The summed E-state index contributed by atoms with van der Waals surface area (Å²) >= 11 is 3.55. The summed E-state index contributed by atoms with van der Waals surface area (Å²) in [6, 6.07) is 9.47. The van der Waals surface area contributed by atoms with Gasteiger partial charge < -0.3 is 18.9 Å². The van der Waals surface area contributed by atoms with E-state index in [1.54, 1.807) is 28.4 Å². The number of methoxy groups -OCH3 is 4. The highest BCUT2D eigenvalue weighted by Gasteiger charge is 2.08. The van der Waals surface area contributed by atoms with Crippen LogP contribution in [0, 0.1) is 0 Å². The number of benzene rings is 2. The lowest BCUT2D eigenvalue weighted by Crippen LogP contribution is -1.91. The topological polar surface area (TPSA) is 36.9 Å². The molecule has 5 heteroatoms. The number of ether oxygens (including phenoxy) is 4. The van der Waals surface area contributed by atoms with Gasteiger partial charge in [-0.3, -0.25) is 0 Å². The molecule has 0 fully saturated rings. The maximum Gasteiger partial charge on any atom is 0.137 e. The van der Waals surface area contributed by atoms with Crippen molar-refractivity contribution >= 4 is 28.1 Å². The summed E-state index contributed by atoms with van der Waals surface area (Å²) in [4.78, 5) is 0. The minimum Gasteiger partial charge on any atom is -0.497 e. The first-order chi connectivity index (χ1) is 11.1. The number of halogens is 1. The Labute approximate surface area is 144 Å². The quantitative estimate of drug-likeness (QED) is 0.685. The van der Waals surface area contributed by atoms with E-state index in [9.17, 15) is 0 Å². The molecule has 0 N–H and O–H groups in total. The lowest BCUT2D eigenvalue weighted by Gasteiger charge is -2.10.